The lowest BCUT2D eigenvalue weighted by molar-refractivity contribution is -0.139. The minimum Gasteiger partial charge on any atom is -0.480 e. The fourth-order valence-electron chi connectivity index (χ4n) is 1.67. The van der Waals surface area contributed by atoms with Crippen molar-refractivity contribution in [1.82, 2.24) is 5.32 Å². The summed E-state index contributed by atoms with van der Waals surface area (Å²) < 4.78 is 0. The van der Waals surface area contributed by atoms with Gasteiger partial charge in [0.25, 0.3) is 0 Å². The van der Waals surface area contributed by atoms with Crippen molar-refractivity contribution in [3.8, 4) is 6.07 Å². The van der Waals surface area contributed by atoms with Gasteiger partial charge in [-0.25, -0.2) is 9.59 Å². The van der Waals surface area contributed by atoms with Crippen LogP contribution in [0.2, 0.25) is 0 Å². The van der Waals surface area contributed by atoms with Crippen molar-refractivity contribution in [3.63, 3.8) is 0 Å². The lowest BCUT2D eigenvalue weighted by atomic mass is 10.2. The van der Waals surface area contributed by atoms with E-state index in [1.807, 2.05) is 13.0 Å². The molecule has 6 heteroatoms. The molecule has 0 aromatic heterocycles. The number of hydrogen-bond donors (Lipinski definition) is 2. The molecule has 2 amide bonds. The number of amides is 2. The van der Waals surface area contributed by atoms with Crippen LogP contribution in [0.1, 0.15) is 25.3 Å². The Labute approximate surface area is 117 Å². The molecular formula is C14H17N3O3. The first-order valence-electron chi connectivity index (χ1n) is 6.26. The minimum atomic E-state index is -1.05. The number of urea groups is 1. The maximum Gasteiger partial charge on any atom is 0.326 e. The van der Waals surface area contributed by atoms with Gasteiger partial charge in [0, 0.05) is 12.7 Å². The SMILES string of the molecule is CCCC(NC(=O)N(C)c1ccc(C#N)cc1)C(=O)O. The fraction of sp³-hybridized carbons (Fsp3) is 0.357. The van der Waals surface area contributed by atoms with E-state index in [1.54, 1.807) is 31.3 Å². The van der Waals surface area contributed by atoms with Gasteiger partial charge >= 0.3 is 12.0 Å². The first kappa shape index (κ1) is 15.5. The van der Waals surface area contributed by atoms with Crippen LogP contribution in [0.3, 0.4) is 0 Å². The Hall–Kier alpha value is -2.55. The molecule has 6 nitrogen and oxygen atoms in total. The molecule has 0 heterocycles. The summed E-state index contributed by atoms with van der Waals surface area (Å²) in [5.74, 6) is -1.05. The predicted molar refractivity (Wildman–Crippen MR) is 74.4 cm³/mol. The monoisotopic (exact) mass is 275 g/mol. The van der Waals surface area contributed by atoms with E-state index in [1.165, 1.54) is 4.90 Å². The average Bonchev–Trinajstić information content (AvgIpc) is 2.45. The topological polar surface area (TPSA) is 93.4 Å². The molecule has 0 aliphatic carbocycles. The number of nitrogens with zero attached hydrogens (tertiary/aromatic N) is 2. The Balaban J connectivity index is 2.75. The third-order valence-electron chi connectivity index (χ3n) is 2.86. The summed E-state index contributed by atoms with van der Waals surface area (Å²) in [6.07, 6.45) is 1.04. The zero-order valence-corrected chi connectivity index (χ0v) is 11.5. The zero-order valence-electron chi connectivity index (χ0n) is 11.5. The smallest absolute Gasteiger partial charge is 0.326 e. The van der Waals surface area contributed by atoms with E-state index in [4.69, 9.17) is 10.4 Å². The second kappa shape index (κ2) is 7.14. The van der Waals surface area contributed by atoms with E-state index < -0.39 is 18.0 Å². The molecule has 0 bridgehead atoms. The van der Waals surface area contributed by atoms with Crippen LogP contribution in [0, 0.1) is 11.3 Å². The molecule has 0 spiro atoms. The highest BCUT2D eigenvalue weighted by atomic mass is 16.4. The van der Waals surface area contributed by atoms with Crippen molar-refractivity contribution in [2.45, 2.75) is 25.8 Å². The van der Waals surface area contributed by atoms with Crippen LogP contribution in [0.5, 0.6) is 0 Å². The number of carboxylic acid groups (broad SMARTS) is 1. The number of benzene rings is 1. The molecule has 0 saturated carbocycles. The van der Waals surface area contributed by atoms with E-state index in [0.29, 0.717) is 24.1 Å². The second-order valence-electron chi connectivity index (χ2n) is 4.35. The molecule has 1 aromatic carbocycles. The highest BCUT2D eigenvalue weighted by molar-refractivity contribution is 5.94. The number of nitriles is 1. The van der Waals surface area contributed by atoms with Crippen LogP contribution in [0.25, 0.3) is 0 Å². The first-order valence-corrected chi connectivity index (χ1v) is 6.26. The van der Waals surface area contributed by atoms with Crippen molar-refractivity contribution in [2.24, 2.45) is 0 Å². The molecule has 0 fully saturated rings. The van der Waals surface area contributed by atoms with Crippen LogP contribution < -0.4 is 10.2 Å². The summed E-state index contributed by atoms with van der Waals surface area (Å²) in [6.45, 7) is 1.85. The molecule has 20 heavy (non-hydrogen) atoms. The maximum atomic E-state index is 12.0. The molecule has 1 unspecified atom stereocenters. The Bertz CT molecular complexity index is 519. The molecule has 1 rings (SSSR count). The summed E-state index contributed by atoms with van der Waals surface area (Å²) >= 11 is 0. The van der Waals surface area contributed by atoms with Crippen molar-refractivity contribution in [2.75, 3.05) is 11.9 Å². The Morgan fingerprint density at radius 3 is 2.45 bits per heavy atom. The van der Waals surface area contributed by atoms with Gasteiger partial charge < -0.3 is 10.4 Å². The minimum absolute atomic E-state index is 0.377. The summed E-state index contributed by atoms with van der Waals surface area (Å²) in [4.78, 5) is 24.3. The van der Waals surface area contributed by atoms with Crippen molar-refractivity contribution in [3.05, 3.63) is 29.8 Å². The number of aliphatic carboxylic acids is 1. The largest absolute Gasteiger partial charge is 0.480 e. The first-order chi connectivity index (χ1) is 9.49. The highest BCUT2D eigenvalue weighted by Gasteiger charge is 2.21. The molecule has 0 aliphatic rings. The number of hydrogen-bond acceptors (Lipinski definition) is 3. The van der Waals surface area contributed by atoms with Crippen molar-refractivity contribution < 1.29 is 14.7 Å². The van der Waals surface area contributed by atoms with Gasteiger partial charge in [0.1, 0.15) is 6.04 Å². The molecule has 106 valence electrons. The number of carbonyl (C=O) groups is 2. The molecule has 0 aliphatic heterocycles. The van der Waals surface area contributed by atoms with Crippen molar-refractivity contribution in [1.29, 1.82) is 5.26 Å². The molecule has 1 atom stereocenters. The summed E-state index contributed by atoms with van der Waals surface area (Å²) in [7, 11) is 1.54. The normalized spacial score (nSPS) is 11.2. The predicted octanol–water partition coefficient (Wildman–Crippen LogP) is 1.96. The molecule has 2 N–H and O–H groups in total. The molecule has 1 aromatic rings. The molecule has 0 saturated heterocycles. The third-order valence-corrected chi connectivity index (χ3v) is 2.86. The Morgan fingerprint density at radius 1 is 1.40 bits per heavy atom. The van der Waals surface area contributed by atoms with Crippen LogP contribution in [0.15, 0.2) is 24.3 Å². The van der Waals surface area contributed by atoms with E-state index in [9.17, 15) is 9.59 Å². The number of carboxylic acids is 1. The third kappa shape index (κ3) is 3.99. The zero-order chi connectivity index (χ0) is 15.1. The fourth-order valence-corrected chi connectivity index (χ4v) is 1.67. The van der Waals surface area contributed by atoms with Gasteiger partial charge in [-0.2, -0.15) is 5.26 Å². The maximum absolute atomic E-state index is 12.0. The summed E-state index contributed by atoms with van der Waals surface area (Å²) in [5, 5.41) is 20.2. The van der Waals surface area contributed by atoms with Gasteiger partial charge in [-0.1, -0.05) is 13.3 Å². The van der Waals surface area contributed by atoms with Crippen LogP contribution in [0.4, 0.5) is 10.5 Å². The van der Waals surface area contributed by atoms with Gasteiger partial charge in [0.15, 0.2) is 0 Å². The van der Waals surface area contributed by atoms with Gasteiger partial charge in [0.05, 0.1) is 11.6 Å². The standard InChI is InChI=1S/C14H17N3O3/c1-3-4-12(13(18)19)16-14(20)17(2)11-7-5-10(9-15)6-8-11/h5-8,12H,3-4H2,1-2H3,(H,16,20)(H,18,19). The molecule has 0 radical (unpaired) electrons. The summed E-state index contributed by atoms with van der Waals surface area (Å²) in [5.41, 5.74) is 1.08. The van der Waals surface area contributed by atoms with E-state index in [-0.39, 0.29) is 0 Å². The lowest BCUT2D eigenvalue weighted by Gasteiger charge is -2.21. The van der Waals surface area contributed by atoms with Crippen LogP contribution in [-0.4, -0.2) is 30.2 Å². The van der Waals surface area contributed by atoms with E-state index >= 15 is 0 Å². The van der Waals surface area contributed by atoms with Crippen molar-refractivity contribution >= 4 is 17.7 Å². The number of nitrogens with one attached hydrogen (secondary N) is 1. The van der Waals surface area contributed by atoms with Gasteiger partial charge in [-0.05, 0) is 30.7 Å². The lowest BCUT2D eigenvalue weighted by Crippen LogP contribution is -2.46. The summed E-state index contributed by atoms with van der Waals surface area (Å²) in [6, 6.07) is 7.06. The van der Waals surface area contributed by atoms with Crippen LogP contribution >= 0.6 is 0 Å². The van der Waals surface area contributed by atoms with E-state index in [2.05, 4.69) is 5.32 Å². The Morgan fingerprint density at radius 2 is 2.00 bits per heavy atom. The van der Waals surface area contributed by atoms with E-state index in [0.717, 1.165) is 0 Å². The van der Waals surface area contributed by atoms with Gasteiger partial charge in [0.2, 0.25) is 0 Å². The Kier molecular flexibility index (Phi) is 5.54. The van der Waals surface area contributed by atoms with Gasteiger partial charge in [-0.3, -0.25) is 4.90 Å². The molecular weight excluding hydrogens is 258 g/mol. The quantitative estimate of drug-likeness (QED) is 0.858. The highest BCUT2D eigenvalue weighted by Crippen LogP contribution is 2.13. The van der Waals surface area contributed by atoms with Gasteiger partial charge in [-0.15, -0.1) is 0 Å². The van der Waals surface area contributed by atoms with Crippen LogP contribution in [-0.2, 0) is 4.79 Å². The number of carbonyl (C=O) groups excluding carboxylic acids is 1. The number of rotatable bonds is 5. The number of anilines is 1. The second-order valence-corrected chi connectivity index (χ2v) is 4.35. The average molecular weight is 275 g/mol.